The summed E-state index contributed by atoms with van der Waals surface area (Å²) >= 11 is 0. The molecule has 0 spiro atoms. The van der Waals surface area contributed by atoms with E-state index in [1.165, 1.54) is 24.8 Å². The van der Waals surface area contributed by atoms with Crippen molar-refractivity contribution >= 4 is 0 Å². The smallest absolute Gasteiger partial charge is 0.160 e. The van der Waals surface area contributed by atoms with E-state index >= 15 is 0 Å². The number of phenols is 1. The minimum absolute atomic E-state index is 0.235. The molecule has 19 heavy (non-hydrogen) atoms. The average molecular weight is 260 g/mol. The summed E-state index contributed by atoms with van der Waals surface area (Å²) < 4.78 is 5.26. The number of hydrogen-bond donors (Lipinski definition) is 1. The van der Waals surface area contributed by atoms with Crippen molar-refractivity contribution in [3.8, 4) is 11.5 Å². The third-order valence-corrected chi connectivity index (χ3v) is 6.40. The number of benzene rings is 1. The van der Waals surface area contributed by atoms with E-state index in [2.05, 4.69) is 26.8 Å². The van der Waals surface area contributed by atoms with E-state index < -0.39 is 0 Å². The second kappa shape index (κ2) is 3.91. The Bertz CT molecular complexity index is 506. The van der Waals surface area contributed by atoms with Gasteiger partial charge < -0.3 is 9.84 Å². The molecule has 2 aliphatic rings. The van der Waals surface area contributed by atoms with Gasteiger partial charge in [-0.25, -0.2) is 0 Å². The predicted octanol–water partition coefficient (Wildman–Crippen LogP) is 4.33. The van der Waals surface area contributed by atoms with Crippen LogP contribution >= 0.6 is 0 Å². The first-order valence-electron chi connectivity index (χ1n) is 7.27. The van der Waals surface area contributed by atoms with Crippen molar-refractivity contribution in [3.63, 3.8) is 0 Å². The van der Waals surface area contributed by atoms with E-state index in [1.807, 2.05) is 6.07 Å². The fraction of sp³-hybridized carbons (Fsp3) is 0.647. The second-order valence-corrected chi connectivity index (χ2v) is 7.09. The second-order valence-electron chi connectivity index (χ2n) is 7.09. The molecule has 1 N–H and O–H groups in total. The highest BCUT2D eigenvalue weighted by molar-refractivity contribution is 5.44. The standard InChI is InChI=1S/C17H24O2/c1-16(2)12-7-8-17(16,3)13(10-12)11-5-6-14(18)15(9-11)19-4/h5-6,9,12-13,18H,7-8,10H2,1-4H3/t12-,13+,17+/m0/s1. The first kappa shape index (κ1) is 12.8. The molecule has 0 aliphatic heterocycles. The fourth-order valence-electron chi connectivity index (χ4n) is 4.62. The molecule has 1 aromatic carbocycles. The lowest BCUT2D eigenvalue weighted by molar-refractivity contribution is 0.134. The van der Waals surface area contributed by atoms with Gasteiger partial charge in [0.2, 0.25) is 0 Å². The molecule has 2 bridgehead atoms. The summed E-state index contributed by atoms with van der Waals surface area (Å²) in [5, 5.41) is 9.75. The minimum Gasteiger partial charge on any atom is -0.504 e. The van der Waals surface area contributed by atoms with Crippen LogP contribution in [0.1, 0.15) is 51.5 Å². The monoisotopic (exact) mass is 260 g/mol. The molecule has 0 amide bonds. The number of aromatic hydroxyl groups is 1. The van der Waals surface area contributed by atoms with Crippen molar-refractivity contribution in [2.45, 2.75) is 46.0 Å². The Morgan fingerprint density at radius 3 is 2.53 bits per heavy atom. The lowest BCUT2D eigenvalue weighted by Crippen LogP contribution is -2.31. The van der Waals surface area contributed by atoms with E-state index in [0.717, 1.165) is 5.92 Å². The molecular formula is C17H24O2. The van der Waals surface area contributed by atoms with Crippen molar-refractivity contribution in [3.05, 3.63) is 23.8 Å². The first-order valence-corrected chi connectivity index (χ1v) is 7.27. The van der Waals surface area contributed by atoms with Gasteiger partial charge in [0, 0.05) is 0 Å². The van der Waals surface area contributed by atoms with Crippen molar-refractivity contribution in [2.75, 3.05) is 7.11 Å². The minimum atomic E-state index is 0.235. The van der Waals surface area contributed by atoms with Crippen molar-refractivity contribution in [1.82, 2.24) is 0 Å². The van der Waals surface area contributed by atoms with E-state index in [4.69, 9.17) is 4.74 Å². The van der Waals surface area contributed by atoms with Gasteiger partial charge in [-0.2, -0.15) is 0 Å². The number of rotatable bonds is 2. The van der Waals surface area contributed by atoms with Gasteiger partial charge in [0.25, 0.3) is 0 Å². The van der Waals surface area contributed by atoms with Gasteiger partial charge in [0.15, 0.2) is 11.5 Å². The van der Waals surface area contributed by atoms with Gasteiger partial charge in [0.05, 0.1) is 7.11 Å². The maximum absolute atomic E-state index is 9.75. The number of fused-ring (bicyclic) bond motifs is 2. The summed E-state index contributed by atoms with van der Waals surface area (Å²) in [6.45, 7) is 7.31. The third kappa shape index (κ3) is 1.55. The molecule has 2 nitrogen and oxygen atoms in total. The van der Waals surface area contributed by atoms with Crippen LogP contribution in [-0.4, -0.2) is 12.2 Å². The normalized spacial score (nSPS) is 35.6. The zero-order valence-corrected chi connectivity index (χ0v) is 12.4. The molecule has 0 saturated heterocycles. The summed E-state index contributed by atoms with van der Waals surface area (Å²) in [6.07, 6.45) is 3.96. The topological polar surface area (TPSA) is 29.5 Å². The first-order chi connectivity index (χ1) is 8.90. The van der Waals surface area contributed by atoms with E-state index in [-0.39, 0.29) is 5.75 Å². The van der Waals surface area contributed by atoms with Crippen LogP contribution in [0, 0.1) is 16.7 Å². The number of methoxy groups -OCH3 is 1. The highest BCUT2D eigenvalue weighted by atomic mass is 16.5. The largest absolute Gasteiger partial charge is 0.504 e. The molecule has 2 heteroatoms. The molecule has 2 fully saturated rings. The molecule has 2 aliphatic carbocycles. The summed E-state index contributed by atoms with van der Waals surface area (Å²) in [6, 6.07) is 5.88. The quantitative estimate of drug-likeness (QED) is 0.857. The van der Waals surface area contributed by atoms with E-state index in [1.54, 1.807) is 13.2 Å². The Balaban J connectivity index is 2.01. The SMILES string of the molecule is COc1cc([C@H]2C[C@@H]3CC[C@@]2(C)C3(C)C)ccc1O. The Kier molecular flexibility index (Phi) is 2.64. The van der Waals surface area contributed by atoms with Crippen LogP contribution in [-0.2, 0) is 0 Å². The van der Waals surface area contributed by atoms with Gasteiger partial charge in [-0.3, -0.25) is 0 Å². The zero-order valence-electron chi connectivity index (χ0n) is 12.4. The van der Waals surface area contributed by atoms with Crippen LogP contribution in [0.5, 0.6) is 11.5 Å². The molecule has 104 valence electrons. The van der Waals surface area contributed by atoms with Crippen LogP contribution in [0.2, 0.25) is 0 Å². The Morgan fingerprint density at radius 1 is 1.26 bits per heavy atom. The average Bonchev–Trinajstić information content (AvgIpc) is 2.72. The molecule has 3 rings (SSSR count). The van der Waals surface area contributed by atoms with Gasteiger partial charge in [-0.1, -0.05) is 26.8 Å². The number of ether oxygens (including phenoxy) is 1. The lowest BCUT2D eigenvalue weighted by atomic mass is 9.65. The Morgan fingerprint density at radius 2 is 2.00 bits per heavy atom. The maximum Gasteiger partial charge on any atom is 0.160 e. The van der Waals surface area contributed by atoms with Gasteiger partial charge in [-0.15, -0.1) is 0 Å². The Labute approximate surface area is 115 Å². The van der Waals surface area contributed by atoms with Crippen molar-refractivity contribution in [1.29, 1.82) is 0 Å². The predicted molar refractivity (Wildman–Crippen MR) is 76.6 cm³/mol. The third-order valence-electron chi connectivity index (χ3n) is 6.40. The van der Waals surface area contributed by atoms with Crippen LogP contribution in [0.4, 0.5) is 0 Å². The van der Waals surface area contributed by atoms with Crippen molar-refractivity contribution < 1.29 is 9.84 Å². The fourth-order valence-corrected chi connectivity index (χ4v) is 4.62. The van der Waals surface area contributed by atoms with E-state index in [9.17, 15) is 5.11 Å². The summed E-state index contributed by atoms with van der Waals surface area (Å²) in [7, 11) is 1.62. The summed E-state index contributed by atoms with van der Waals surface area (Å²) in [5.41, 5.74) is 2.12. The molecule has 3 atom stereocenters. The molecule has 0 unspecified atom stereocenters. The number of hydrogen-bond acceptors (Lipinski definition) is 2. The zero-order chi connectivity index (χ0) is 13.8. The highest BCUT2D eigenvalue weighted by Gasteiger charge is 2.61. The summed E-state index contributed by atoms with van der Waals surface area (Å²) in [4.78, 5) is 0. The van der Waals surface area contributed by atoms with Gasteiger partial charge in [-0.05, 0) is 59.6 Å². The maximum atomic E-state index is 9.75. The van der Waals surface area contributed by atoms with Crippen molar-refractivity contribution in [2.24, 2.45) is 16.7 Å². The highest BCUT2D eigenvalue weighted by Crippen LogP contribution is 2.71. The molecule has 0 radical (unpaired) electrons. The molecular weight excluding hydrogens is 236 g/mol. The van der Waals surface area contributed by atoms with Crippen LogP contribution in [0.15, 0.2) is 18.2 Å². The molecule has 0 aromatic heterocycles. The van der Waals surface area contributed by atoms with Gasteiger partial charge >= 0.3 is 0 Å². The van der Waals surface area contributed by atoms with Crippen LogP contribution < -0.4 is 4.74 Å². The van der Waals surface area contributed by atoms with E-state index in [0.29, 0.717) is 22.5 Å². The summed E-state index contributed by atoms with van der Waals surface area (Å²) in [5.74, 6) is 2.26. The van der Waals surface area contributed by atoms with Crippen LogP contribution in [0.3, 0.4) is 0 Å². The Hall–Kier alpha value is -1.18. The molecule has 2 saturated carbocycles. The van der Waals surface area contributed by atoms with Gasteiger partial charge in [0.1, 0.15) is 0 Å². The molecule has 0 heterocycles. The number of phenolic OH excluding ortho intramolecular Hbond substituents is 1. The molecule has 1 aromatic rings. The lowest BCUT2D eigenvalue weighted by Gasteiger charge is -2.39. The van der Waals surface area contributed by atoms with Crippen LogP contribution in [0.25, 0.3) is 0 Å².